The first-order valence-electron chi connectivity index (χ1n) is 8.60. The largest absolute Gasteiger partial charge is 0.321 e. The van der Waals surface area contributed by atoms with E-state index in [4.69, 9.17) is 11.6 Å². The zero-order valence-corrected chi connectivity index (χ0v) is 16.6. The first kappa shape index (κ1) is 17.8. The number of hydrogen-bond donors (Lipinski definition) is 1. The van der Waals surface area contributed by atoms with Gasteiger partial charge in [-0.15, -0.1) is 11.3 Å². The molecule has 0 aliphatic carbocycles. The first-order chi connectivity index (χ1) is 13.0. The molecule has 2 heterocycles. The average molecular weight is 396 g/mol. The molecule has 0 fully saturated rings. The normalized spacial score (nSPS) is 11.1. The number of para-hydroxylation sites is 1. The van der Waals surface area contributed by atoms with Gasteiger partial charge in [0.1, 0.15) is 4.83 Å². The van der Waals surface area contributed by atoms with Gasteiger partial charge in [-0.1, -0.05) is 48.0 Å². The number of nitrogens with one attached hydrogen (secondary N) is 1. The van der Waals surface area contributed by atoms with Crippen molar-refractivity contribution in [3.05, 3.63) is 81.3 Å². The second kappa shape index (κ2) is 7.18. The average Bonchev–Trinajstić information content (AvgIpc) is 3.21. The van der Waals surface area contributed by atoms with Crippen LogP contribution in [0, 0.1) is 13.8 Å². The lowest BCUT2D eigenvalue weighted by molar-refractivity contribution is 0.103. The smallest absolute Gasteiger partial charge is 0.265 e. The summed E-state index contributed by atoms with van der Waals surface area (Å²) in [6, 6.07) is 17.4. The Morgan fingerprint density at radius 1 is 1.15 bits per heavy atom. The molecule has 2 aromatic heterocycles. The quantitative estimate of drug-likeness (QED) is 0.484. The van der Waals surface area contributed by atoms with Crippen molar-refractivity contribution in [3.63, 3.8) is 0 Å². The lowest BCUT2D eigenvalue weighted by Crippen LogP contribution is -2.11. The van der Waals surface area contributed by atoms with Crippen LogP contribution in [0.25, 0.3) is 10.2 Å². The Bertz CT molecular complexity index is 1150. The fourth-order valence-electron chi connectivity index (χ4n) is 3.02. The Morgan fingerprint density at radius 2 is 1.89 bits per heavy atom. The van der Waals surface area contributed by atoms with E-state index in [0.717, 1.165) is 32.7 Å². The number of fused-ring (bicyclic) bond motifs is 1. The van der Waals surface area contributed by atoms with E-state index in [2.05, 4.69) is 10.4 Å². The minimum absolute atomic E-state index is 0.103. The van der Waals surface area contributed by atoms with E-state index in [0.29, 0.717) is 16.4 Å². The highest BCUT2D eigenvalue weighted by Crippen LogP contribution is 2.30. The molecule has 0 bridgehead atoms. The Labute approximate surface area is 166 Å². The van der Waals surface area contributed by atoms with E-state index in [9.17, 15) is 4.79 Å². The van der Waals surface area contributed by atoms with Gasteiger partial charge < -0.3 is 5.32 Å². The lowest BCUT2D eigenvalue weighted by Gasteiger charge is -2.07. The first-order valence-corrected chi connectivity index (χ1v) is 9.79. The van der Waals surface area contributed by atoms with Crippen molar-refractivity contribution in [2.75, 3.05) is 5.32 Å². The summed E-state index contributed by atoms with van der Waals surface area (Å²) in [6.45, 7) is 4.51. The molecule has 0 aliphatic heterocycles. The molecule has 4 aromatic rings. The summed E-state index contributed by atoms with van der Waals surface area (Å²) < 4.78 is 1.92. The molecule has 2 aromatic carbocycles. The Hall–Kier alpha value is -2.63. The van der Waals surface area contributed by atoms with Crippen LogP contribution in [0.3, 0.4) is 0 Å². The summed E-state index contributed by atoms with van der Waals surface area (Å²) >= 11 is 7.74. The molecule has 4 nitrogen and oxygen atoms in total. The summed E-state index contributed by atoms with van der Waals surface area (Å²) in [4.78, 5) is 14.4. The van der Waals surface area contributed by atoms with Gasteiger partial charge in [0.15, 0.2) is 0 Å². The van der Waals surface area contributed by atoms with Crippen LogP contribution in [0.4, 0.5) is 5.69 Å². The van der Waals surface area contributed by atoms with Crippen molar-refractivity contribution in [3.8, 4) is 0 Å². The third-order valence-corrected chi connectivity index (χ3v) is 6.02. The van der Waals surface area contributed by atoms with Gasteiger partial charge in [-0.25, -0.2) is 0 Å². The molecule has 0 atom stereocenters. The van der Waals surface area contributed by atoms with Crippen molar-refractivity contribution in [1.29, 1.82) is 0 Å². The van der Waals surface area contributed by atoms with Crippen LogP contribution in [0.2, 0.25) is 5.02 Å². The molecular weight excluding hydrogens is 378 g/mol. The zero-order valence-electron chi connectivity index (χ0n) is 15.0. The molecule has 0 saturated carbocycles. The minimum Gasteiger partial charge on any atom is -0.321 e. The summed E-state index contributed by atoms with van der Waals surface area (Å²) in [6.07, 6.45) is 0. The van der Waals surface area contributed by atoms with Gasteiger partial charge in [0.25, 0.3) is 5.91 Å². The molecule has 1 amide bonds. The number of halogens is 1. The Morgan fingerprint density at radius 3 is 2.67 bits per heavy atom. The van der Waals surface area contributed by atoms with Gasteiger partial charge in [-0.2, -0.15) is 5.10 Å². The summed E-state index contributed by atoms with van der Waals surface area (Å²) in [7, 11) is 0. The topological polar surface area (TPSA) is 46.9 Å². The monoisotopic (exact) mass is 395 g/mol. The number of carbonyl (C=O) groups excluding carboxylic acids is 1. The van der Waals surface area contributed by atoms with Gasteiger partial charge >= 0.3 is 0 Å². The molecule has 0 unspecified atom stereocenters. The second-order valence-corrected chi connectivity index (χ2v) is 7.87. The Kier molecular flexibility index (Phi) is 4.72. The summed E-state index contributed by atoms with van der Waals surface area (Å²) in [5.74, 6) is -0.103. The van der Waals surface area contributed by atoms with Crippen molar-refractivity contribution in [1.82, 2.24) is 9.78 Å². The zero-order chi connectivity index (χ0) is 19.0. The highest BCUT2D eigenvalue weighted by Gasteiger charge is 2.17. The number of rotatable bonds is 4. The molecule has 0 aliphatic rings. The van der Waals surface area contributed by atoms with Crippen molar-refractivity contribution in [2.24, 2.45) is 0 Å². The van der Waals surface area contributed by atoms with E-state index >= 15 is 0 Å². The maximum Gasteiger partial charge on any atom is 0.265 e. The van der Waals surface area contributed by atoms with Crippen LogP contribution in [0.1, 0.15) is 26.5 Å². The second-order valence-electron chi connectivity index (χ2n) is 6.43. The van der Waals surface area contributed by atoms with Crippen LogP contribution in [-0.2, 0) is 6.54 Å². The molecule has 0 spiro atoms. The van der Waals surface area contributed by atoms with Gasteiger partial charge in [-0.3, -0.25) is 9.48 Å². The van der Waals surface area contributed by atoms with Crippen LogP contribution in [-0.4, -0.2) is 15.7 Å². The Balaban J connectivity index is 1.65. The van der Waals surface area contributed by atoms with Gasteiger partial charge in [0.05, 0.1) is 17.1 Å². The van der Waals surface area contributed by atoms with Crippen LogP contribution in [0.15, 0.2) is 54.6 Å². The van der Waals surface area contributed by atoms with Crippen LogP contribution >= 0.6 is 22.9 Å². The molecule has 1 N–H and O–H groups in total. The van der Waals surface area contributed by atoms with Gasteiger partial charge in [0.2, 0.25) is 0 Å². The molecule has 0 saturated heterocycles. The van der Waals surface area contributed by atoms with E-state index in [1.54, 1.807) is 0 Å². The maximum atomic E-state index is 12.7. The number of aromatic nitrogens is 2. The number of nitrogens with zero attached hydrogens (tertiary/aromatic N) is 2. The van der Waals surface area contributed by atoms with Gasteiger partial charge in [-0.05, 0) is 43.2 Å². The predicted molar refractivity (Wildman–Crippen MR) is 112 cm³/mol. The summed E-state index contributed by atoms with van der Waals surface area (Å²) in [5.41, 5.74) is 3.77. The van der Waals surface area contributed by atoms with E-state index < -0.39 is 0 Å². The number of aryl methyl sites for hydroxylation is 2. The fraction of sp³-hybridized carbons (Fsp3) is 0.143. The number of benzene rings is 2. The predicted octanol–water partition coefficient (Wildman–Crippen LogP) is 5.67. The third kappa shape index (κ3) is 3.48. The van der Waals surface area contributed by atoms with E-state index in [1.165, 1.54) is 11.3 Å². The molecule has 27 heavy (non-hydrogen) atoms. The van der Waals surface area contributed by atoms with Crippen molar-refractivity contribution in [2.45, 2.75) is 20.4 Å². The van der Waals surface area contributed by atoms with E-state index in [-0.39, 0.29) is 5.91 Å². The molecule has 6 heteroatoms. The standard InChI is InChI=1S/C21H18ClN3OS/c1-13-7-3-6-10-18(13)23-20(26)19-11-16-14(2)24-25(21(16)27-19)12-15-8-4-5-9-17(15)22/h3-11H,12H2,1-2H3,(H,23,26). The molecule has 0 radical (unpaired) electrons. The number of hydrogen-bond acceptors (Lipinski definition) is 3. The molecular formula is C21H18ClN3OS. The van der Waals surface area contributed by atoms with E-state index in [1.807, 2.05) is 73.1 Å². The summed E-state index contributed by atoms with van der Waals surface area (Å²) in [5, 5.41) is 9.33. The lowest BCUT2D eigenvalue weighted by atomic mass is 10.2. The fourth-order valence-corrected chi connectivity index (χ4v) is 4.27. The number of thiophene rings is 1. The number of carbonyl (C=O) groups is 1. The SMILES string of the molecule is Cc1ccccc1NC(=O)c1cc2c(C)nn(Cc3ccccc3Cl)c2s1. The maximum absolute atomic E-state index is 12.7. The third-order valence-electron chi connectivity index (χ3n) is 4.50. The highest BCUT2D eigenvalue weighted by atomic mass is 35.5. The van der Waals surface area contributed by atoms with Crippen LogP contribution in [0.5, 0.6) is 0 Å². The van der Waals surface area contributed by atoms with Crippen molar-refractivity contribution < 1.29 is 4.79 Å². The van der Waals surface area contributed by atoms with Crippen molar-refractivity contribution >= 4 is 44.7 Å². The number of anilines is 1. The van der Waals surface area contributed by atoms with Gasteiger partial charge in [0, 0.05) is 16.1 Å². The van der Waals surface area contributed by atoms with Crippen LogP contribution < -0.4 is 5.32 Å². The molecule has 136 valence electrons. The highest BCUT2D eigenvalue weighted by molar-refractivity contribution is 7.20. The minimum atomic E-state index is -0.103. The molecule has 4 rings (SSSR count). The number of amides is 1.